The molecule has 0 fully saturated rings. The Labute approximate surface area is 134 Å². The fraction of sp³-hybridized carbons (Fsp3) is 0.0588. The summed E-state index contributed by atoms with van der Waals surface area (Å²) >= 11 is 0. The number of benzene rings is 2. The zero-order valence-corrected chi connectivity index (χ0v) is 12.4. The highest BCUT2D eigenvalue weighted by molar-refractivity contribution is 6.15. The van der Waals surface area contributed by atoms with Crippen LogP contribution in [0.15, 0.2) is 63.1 Å². The fourth-order valence-electron chi connectivity index (χ4n) is 2.76. The average molecular weight is 322 g/mol. The smallest absolute Gasteiger partial charge is 0.276 e. The van der Waals surface area contributed by atoms with Crippen molar-refractivity contribution >= 4 is 5.71 Å². The van der Waals surface area contributed by atoms with E-state index in [2.05, 4.69) is 15.2 Å². The SMILES string of the molecule is O=c1[nH]nc2n(c1=O)-c1ccc(F)cc1C(c1ccccc1)=NC2. The first-order chi connectivity index (χ1) is 11.6. The Balaban J connectivity index is 2.08. The van der Waals surface area contributed by atoms with E-state index in [1.165, 1.54) is 22.8 Å². The van der Waals surface area contributed by atoms with Crippen molar-refractivity contribution in [2.24, 2.45) is 4.99 Å². The number of aliphatic imine (C=N–C) groups is 1. The zero-order valence-electron chi connectivity index (χ0n) is 12.4. The van der Waals surface area contributed by atoms with Crippen LogP contribution in [0, 0.1) is 5.82 Å². The molecule has 2 heterocycles. The van der Waals surface area contributed by atoms with Crippen molar-refractivity contribution in [3.8, 4) is 5.69 Å². The summed E-state index contributed by atoms with van der Waals surface area (Å²) in [5.41, 5.74) is 0.554. The van der Waals surface area contributed by atoms with Gasteiger partial charge >= 0.3 is 11.1 Å². The highest BCUT2D eigenvalue weighted by Crippen LogP contribution is 2.23. The predicted octanol–water partition coefficient (Wildman–Crippen LogP) is 1.41. The van der Waals surface area contributed by atoms with Gasteiger partial charge in [0.1, 0.15) is 12.4 Å². The molecule has 0 unspecified atom stereocenters. The topological polar surface area (TPSA) is 80.1 Å². The molecule has 0 saturated heterocycles. The van der Waals surface area contributed by atoms with Crippen LogP contribution in [0.5, 0.6) is 0 Å². The Morgan fingerprint density at radius 2 is 1.88 bits per heavy atom. The van der Waals surface area contributed by atoms with Crippen LogP contribution in [0.2, 0.25) is 0 Å². The maximum absolute atomic E-state index is 13.8. The summed E-state index contributed by atoms with van der Waals surface area (Å²) in [6.45, 7) is 0.0898. The number of hydrogen-bond donors (Lipinski definition) is 1. The van der Waals surface area contributed by atoms with Crippen molar-refractivity contribution < 1.29 is 4.39 Å². The first kappa shape index (κ1) is 14.3. The first-order valence-corrected chi connectivity index (χ1v) is 7.26. The van der Waals surface area contributed by atoms with Crippen molar-refractivity contribution in [3.63, 3.8) is 0 Å². The maximum atomic E-state index is 13.8. The molecule has 1 aromatic heterocycles. The standard InChI is InChI=1S/C17H11FN4O2/c18-11-6-7-13-12(8-11)15(10-4-2-1-3-5-10)19-9-14-20-21-16(23)17(24)22(13)14/h1-8H,9H2,(H,21,23). The molecule has 1 aliphatic heterocycles. The van der Waals surface area contributed by atoms with E-state index in [1.807, 2.05) is 30.3 Å². The Hall–Kier alpha value is -3.35. The van der Waals surface area contributed by atoms with Crippen molar-refractivity contribution in [1.29, 1.82) is 0 Å². The number of halogens is 1. The third-order valence-electron chi connectivity index (χ3n) is 3.82. The van der Waals surface area contributed by atoms with Crippen LogP contribution in [-0.2, 0) is 6.54 Å². The molecule has 0 amide bonds. The van der Waals surface area contributed by atoms with Crippen LogP contribution in [-0.4, -0.2) is 20.5 Å². The Bertz CT molecular complexity index is 1080. The molecule has 0 aliphatic carbocycles. The number of rotatable bonds is 1. The molecule has 0 atom stereocenters. The van der Waals surface area contributed by atoms with Gasteiger partial charge in [0.2, 0.25) is 0 Å². The van der Waals surface area contributed by atoms with Gasteiger partial charge in [-0.1, -0.05) is 30.3 Å². The highest BCUT2D eigenvalue weighted by Gasteiger charge is 2.22. The van der Waals surface area contributed by atoms with Gasteiger partial charge < -0.3 is 0 Å². The maximum Gasteiger partial charge on any atom is 0.330 e. The lowest BCUT2D eigenvalue weighted by Crippen LogP contribution is -2.38. The van der Waals surface area contributed by atoms with E-state index in [0.29, 0.717) is 22.8 Å². The minimum atomic E-state index is -0.836. The van der Waals surface area contributed by atoms with Crippen LogP contribution in [0.3, 0.4) is 0 Å². The molecule has 1 aliphatic rings. The number of hydrogen-bond acceptors (Lipinski definition) is 4. The van der Waals surface area contributed by atoms with Gasteiger partial charge in [-0.2, -0.15) is 5.10 Å². The zero-order chi connectivity index (χ0) is 16.7. The van der Waals surface area contributed by atoms with E-state index in [9.17, 15) is 14.0 Å². The summed E-state index contributed by atoms with van der Waals surface area (Å²) in [6, 6.07) is 13.3. The van der Waals surface area contributed by atoms with Crippen LogP contribution >= 0.6 is 0 Å². The number of nitrogens with one attached hydrogen (secondary N) is 1. The average Bonchev–Trinajstić information content (AvgIpc) is 2.76. The second-order valence-corrected chi connectivity index (χ2v) is 5.30. The third-order valence-corrected chi connectivity index (χ3v) is 3.82. The van der Waals surface area contributed by atoms with E-state index in [0.717, 1.165) is 5.56 Å². The molecule has 2 aromatic carbocycles. The van der Waals surface area contributed by atoms with Crippen molar-refractivity contribution in [1.82, 2.24) is 14.8 Å². The quantitative estimate of drug-likeness (QED) is 0.688. The molecule has 1 N–H and O–H groups in total. The number of nitrogens with zero attached hydrogens (tertiary/aromatic N) is 3. The van der Waals surface area contributed by atoms with Gasteiger partial charge in [0, 0.05) is 11.1 Å². The lowest BCUT2D eigenvalue weighted by atomic mass is 10.0. The number of aromatic nitrogens is 3. The summed E-state index contributed by atoms with van der Waals surface area (Å²) in [7, 11) is 0. The molecule has 4 rings (SSSR count). The molecule has 0 saturated carbocycles. The first-order valence-electron chi connectivity index (χ1n) is 7.26. The normalized spacial score (nSPS) is 12.8. The second kappa shape index (κ2) is 5.38. The van der Waals surface area contributed by atoms with Gasteiger partial charge in [0.15, 0.2) is 5.82 Å². The van der Waals surface area contributed by atoms with E-state index >= 15 is 0 Å². The van der Waals surface area contributed by atoms with Crippen LogP contribution < -0.4 is 11.1 Å². The Morgan fingerprint density at radius 1 is 1.08 bits per heavy atom. The minimum Gasteiger partial charge on any atom is -0.276 e. The van der Waals surface area contributed by atoms with Gasteiger partial charge in [-0.05, 0) is 18.2 Å². The van der Waals surface area contributed by atoms with Crippen molar-refractivity contribution in [3.05, 3.63) is 92.0 Å². The lowest BCUT2D eigenvalue weighted by Gasteiger charge is -2.12. The predicted molar refractivity (Wildman–Crippen MR) is 86.2 cm³/mol. The van der Waals surface area contributed by atoms with Crippen molar-refractivity contribution in [2.45, 2.75) is 6.54 Å². The van der Waals surface area contributed by atoms with E-state index in [1.54, 1.807) is 0 Å². The molecule has 3 aromatic rings. The summed E-state index contributed by atoms with van der Waals surface area (Å²) in [4.78, 5) is 28.5. The molecule has 0 radical (unpaired) electrons. The molecule has 118 valence electrons. The van der Waals surface area contributed by atoms with Crippen LogP contribution in [0.25, 0.3) is 5.69 Å². The molecule has 6 nitrogen and oxygen atoms in total. The van der Waals surface area contributed by atoms with Gasteiger partial charge in [-0.3, -0.25) is 19.1 Å². The van der Waals surface area contributed by atoms with Gasteiger partial charge in [0.05, 0.1) is 11.4 Å². The van der Waals surface area contributed by atoms with Crippen molar-refractivity contribution in [2.75, 3.05) is 0 Å². The summed E-state index contributed by atoms with van der Waals surface area (Å²) in [5.74, 6) is -0.162. The van der Waals surface area contributed by atoms with E-state index < -0.39 is 16.9 Å². The van der Waals surface area contributed by atoms with Crippen LogP contribution in [0.4, 0.5) is 4.39 Å². The number of aromatic amines is 1. The monoisotopic (exact) mass is 322 g/mol. The van der Waals surface area contributed by atoms with Crippen LogP contribution in [0.1, 0.15) is 17.0 Å². The van der Waals surface area contributed by atoms with Gasteiger partial charge in [-0.25, -0.2) is 9.49 Å². The van der Waals surface area contributed by atoms with E-state index in [-0.39, 0.29) is 6.54 Å². The summed E-state index contributed by atoms with van der Waals surface area (Å²) < 4.78 is 15.0. The van der Waals surface area contributed by atoms with Gasteiger partial charge in [0.25, 0.3) is 0 Å². The molecular formula is C17H11FN4O2. The third kappa shape index (κ3) is 2.18. The lowest BCUT2D eigenvalue weighted by molar-refractivity contribution is 0.626. The Kier molecular flexibility index (Phi) is 3.19. The minimum absolute atomic E-state index is 0.0898. The van der Waals surface area contributed by atoms with E-state index in [4.69, 9.17) is 0 Å². The molecule has 7 heteroatoms. The summed E-state index contributed by atoms with van der Waals surface area (Å²) in [6.07, 6.45) is 0. The second-order valence-electron chi connectivity index (χ2n) is 5.30. The Morgan fingerprint density at radius 3 is 2.67 bits per heavy atom. The molecular weight excluding hydrogens is 311 g/mol. The number of H-pyrrole nitrogens is 1. The highest BCUT2D eigenvalue weighted by atomic mass is 19.1. The fourth-order valence-corrected chi connectivity index (χ4v) is 2.76. The molecule has 0 spiro atoms. The largest absolute Gasteiger partial charge is 0.330 e. The molecule has 24 heavy (non-hydrogen) atoms. The summed E-state index contributed by atoms with van der Waals surface area (Å²) in [5, 5.41) is 6.08. The number of fused-ring (bicyclic) bond motifs is 3. The molecule has 0 bridgehead atoms. The van der Waals surface area contributed by atoms with Gasteiger partial charge in [-0.15, -0.1) is 0 Å².